The van der Waals surface area contributed by atoms with Gasteiger partial charge in [0.05, 0.1) is 13.0 Å². The van der Waals surface area contributed by atoms with Crippen molar-refractivity contribution in [2.45, 2.75) is 12.8 Å². The number of hydrogen-bond acceptors (Lipinski definition) is 2. The van der Waals surface area contributed by atoms with Crippen LogP contribution in [0.5, 0.6) is 0 Å². The first-order valence-electron chi connectivity index (χ1n) is 7.17. The maximum Gasteiger partial charge on any atom is 0.224 e. The van der Waals surface area contributed by atoms with E-state index < -0.39 is 0 Å². The molecule has 112 valence electrons. The van der Waals surface area contributed by atoms with Crippen LogP contribution in [-0.4, -0.2) is 31.0 Å². The molecule has 2 rings (SSSR count). The SMILES string of the molecule is O=C(Cc1ccc2ccccc2c1)NCCCOCCBr. The van der Waals surface area contributed by atoms with Gasteiger partial charge in [-0.1, -0.05) is 58.4 Å². The highest BCUT2D eigenvalue weighted by Gasteiger charge is 2.03. The number of amides is 1. The zero-order valence-electron chi connectivity index (χ0n) is 12.0. The molecule has 0 atom stereocenters. The molecule has 2 aromatic carbocycles. The predicted octanol–water partition coefficient (Wildman–Crippen LogP) is 3.30. The fraction of sp³-hybridized carbons (Fsp3) is 0.353. The van der Waals surface area contributed by atoms with E-state index in [1.54, 1.807) is 0 Å². The number of fused-ring (bicyclic) bond motifs is 1. The Morgan fingerprint density at radius 1 is 1.10 bits per heavy atom. The van der Waals surface area contributed by atoms with Crippen LogP contribution in [0.1, 0.15) is 12.0 Å². The fourth-order valence-corrected chi connectivity index (χ4v) is 2.38. The Bertz CT molecular complexity index is 586. The molecule has 0 unspecified atom stereocenters. The lowest BCUT2D eigenvalue weighted by molar-refractivity contribution is -0.120. The van der Waals surface area contributed by atoms with E-state index in [0.29, 0.717) is 26.2 Å². The van der Waals surface area contributed by atoms with Crippen LogP contribution in [0.3, 0.4) is 0 Å². The van der Waals surface area contributed by atoms with Crippen LogP contribution < -0.4 is 5.32 Å². The molecule has 3 nitrogen and oxygen atoms in total. The van der Waals surface area contributed by atoms with Gasteiger partial charge in [0, 0.05) is 18.5 Å². The monoisotopic (exact) mass is 349 g/mol. The summed E-state index contributed by atoms with van der Waals surface area (Å²) in [5.41, 5.74) is 1.04. The lowest BCUT2D eigenvalue weighted by Crippen LogP contribution is -2.26. The average molecular weight is 350 g/mol. The summed E-state index contributed by atoms with van der Waals surface area (Å²) in [6.45, 7) is 2.06. The standard InChI is InChI=1S/C17H20BrNO2/c18-8-11-21-10-3-9-19-17(20)13-14-6-7-15-4-1-2-5-16(15)12-14/h1-2,4-7,12H,3,8-11,13H2,(H,19,20). The highest BCUT2D eigenvalue weighted by Crippen LogP contribution is 2.15. The van der Waals surface area contributed by atoms with E-state index in [1.165, 1.54) is 10.8 Å². The van der Waals surface area contributed by atoms with Gasteiger partial charge in [-0.25, -0.2) is 0 Å². The molecule has 0 heterocycles. The summed E-state index contributed by atoms with van der Waals surface area (Å²) < 4.78 is 5.33. The van der Waals surface area contributed by atoms with Gasteiger partial charge in [-0.3, -0.25) is 4.79 Å². The molecule has 4 heteroatoms. The Morgan fingerprint density at radius 2 is 1.90 bits per heavy atom. The van der Waals surface area contributed by atoms with Crippen molar-refractivity contribution in [1.29, 1.82) is 0 Å². The second kappa shape index (κ2) is 8.80. The molecule has 0 aliphatic carbocycles. The Hall–Kier alpha value is -1.39. The first kappa shape index (κ1) is 16.0. The summed E-state index contributed by atoms with van der Waals surface area (Å²) in [4.78, 5) is 11.9. The largest absolute Gasteiger partial charge is 0.381 e. The summed E-state index contributed by atoms with van der Waals surface area (Å²) >= 11 is 3.30. The molecule has 1 amide bonds. The molecular formula is C17H20BrNO2. The molecule has 0 radical (unpaired) electrons. The van der Waals surface area contributed by atoms with E-state index in [0.717, 1.165) is 17.3 Å². The number of hydrogen-bond donors (Lipinski definition) is 1. The third kappa shape index (κ3) is 5.48. The minimum absolute atomic E-state index is 0.0609. The normalized spacial score (nSPS) is 10.7. The number of nitrogens with one attached hydrogen (secondary N) is 1. The molecule has 0 aromatic heterocycles. The van der Waals surface area contributed by atoms with Gasteiger partial charge in [0.15, 0.2) is 0 Å². The molecule has 0 saturated carbocycles. The number of benzene rings is 2. The average Bonchev–Trinajstić information content (AvgIpc) is 2.50. The zero-order chi connectivity index (χ0) is 14.9. The van der Waals surface area contributed by atoms with Gasteiger partial charge in [-0.05, 0) is 22.8 Å². The van der Waals surface area contributed by atoms with Crippen LogP contribution in [-0.2, 0) is 16.0 Å². The highest BCUT2D eigenvalue weighted by molar-refractivity contribution is 9.09. The minimum atomic E-state index is 0.0609. The molecule has 0 fully saturated rings. The Morgan fingerprint density at radius 3 is 2.71 bits per heavy atom. The van der Waals surface area contributed by atoms with Crippen molar-refractivity contribution >= 4 is 32.6 Å². The van der Waals surface area contributed by atoms with Crippen LogP contribution in [0, 0.1) is 0 Å². The number of alkyl halides is 1. The van der Waals surface area contributed by atoms with Gasteiger partial charge in [-0.2, -0.15) is 0 Å². The maximum atomic E-state index is 11.9. The summed E-state index contributed by atoms with van der Waals surface area (Å²) in [6, 6.07) is 14.3. The van der Waals surface area contributed by atoms with E-state index in [9.17, 15) is 4.79 Å². The molecule has 21 heavy (non-hydrogen) atoms. The third-order valence-electron chi connectivity index (χ3n) is 3.19. The molecule has 0 aliphatic rings. The van der Waals surface area contributed by atoms with Crippen LogP contribution in [0.2, 0.25) is 0 Å². The first-order chi connectivity index (χ1) is 10.3. The van der Waals surface area contributed by atoms with Crippen molar-refractivity contribution in [3.63, 3.8) is 0 Å². The number of carbonyl (C=O) groups is 1. The second-order valence-electron chi connectivity index (χ2n) is 4.86. The van der Waals surface area contributed by atoms with Crippen LogP contribution in [0.15, 0.2) is 42.5 Å². The van der Waals surface area contributed by atoms with E-state index >= 15 is 0 Å². The van der Waals surface area contributed by atoms with E-state index in [1.807, 2.05) is 18.2 Å². The van der Waals surface area contributed by atoms with Gasteiger partial charge in [0.2, 0.25) is 5.91 Å². The summed E-state index contributed by atoms with van der Waals surface area (Å²) in [6.07, 6.45) is 1.27. The van der Waals surface area contributed by atoms with Crippen molar-refractivity contribution in [2.75, 3.05) is 25.1 Å². The van der Waals surface area contributed by atoms with Crippen molar-refractivity contribution in [3.8, 4) is 0 Å². The number of carbonyl (C=O) groups excluding carboxylic acids is 1. The summed E-state index contributed by atoms with van der Waals surface area (Å²) in [7, 11) is 0. The van der Waals surface area contributed by atoms with Gasteiger partial charge < -0.3 is 10.1 Å². The zero-order valence-corrected chi connectivity index (χ0v) is 13.6. The molecule has 0 spiro atoms. The summed E-state index contributed by atoms with van der Waals surface area (Å²) in [5, 5.41) is 6.15. The van der Waals surface area contributed by atoms with Gasteiger partial charge >= 0.3 is 0 Å². The predicted molar refractivity (Wildman–Crippen MR) is 89.9 cm³/mol. The van der Waals surface area contributed by atoms with Crippen LogP contribution in [0.25, 0.3) is 10.8 Å². The fourth-order valence-electron chi connectivity index (χ4n) is 2.16. The van der Waals surface area contributed by atoms with E-state index in [2.05, 4.69) is 45.5 Å². The van der Waals surface area contributed by atoms with Crippen LogP contribution >= 0.6 is 15.9 Å². The van der Waals surface area contributed by atoms with Gasteiger partial charge in [0.25, 0.3) is 0 Å². The van der Waals surface area contributed by atoms with Crippen molar-refractivity contribution < 1.29 is 9.53 Å². The van der Waals surface area contributed by atoms with Crippen molar-refractivity contribution in [3.05, 3.63) is 48.0 Å². The molecule has 0 bridgehead atoms. The molecule has 0 aliphatic heterocycles. The topological polar surface area (TPSA) is 38.3 Å². The Labute approximate surface area is 133 Å². The number of rotatable bonds is 8. The maximum absolute atomic E-state index is 11.9. The summed E-state index contributed by atoms with van der Waals surface area (Å²) in [5.74, 6) is 0.0609. The second-order valence-corrected chi connectivity index (χ2v) is 5.66. The molecule has 0 saturated heterocycles. The smallest absolute Gasteiger partial charge is 0.224 e. The minimum Gasteiger partial charge on any atom is -0.381 e. The first-order valence-corrected chi connectivity index (χ1v) is 8.30. The molecular weight excluding hydrogens is 330 g/mol. The Balaban J connectivity index is 1.76. The lowest BCUT2D eigenvalue weighted by Gasteiger charge is -2.06. The van der Waals surface area contributed by atoms with Crippen molar-refractivity contribution in [1.82, 2.24) is 5.32 Å². The van der Waals surface area contributed by atoms with Crippen molar-refractivity contribution in [2.24, 2.45) is 0 Å². The quantitative estimate of drug-likeness (QED) is 0.586. The number of halogens is 1. The molecule has 1 N–H and O–H groups in total. The van der Waals surface area contributed by atoms with E-state index in [-0.39, 0.29) is 5.91 Å². The van der Waals surface area contributed by atoms with Gasteiger partial charge in [-0.15, -0.1) is 0 Å². The lowest BCUT2D eigenvalue weighted by atomic mass is 10.0. The van der Waals surface area contributed by atoms with E-state index in [4.69, 9.17) is 4.74 Å². The third-order valence-corrected chi connectivity index (χ3v) is 3.51. The highest BCUT2D eigenvalue weighted by atomic mass is 79.9. The number of ether oxygens (including phenoxy) is 1. The van der Waals surface area contributed by atoms with Gasteiger partial charge in [0.1, 0.15) is 0 Å². The Kier molecular flexibility index (Phi) is 6.70. The molecule has 2 aromatic rings. The van der Waals surface area contributed by atoms with Crippen LogP contribution in [0.4, 0.5) is 0 Å².